The Bertz CT molecular complexity index is 302. The maximum Gasteiger partial charge on any atom is 0.233 e. The molecule has 1 heterocycles. The molecule has 16 heavy (non-hydrogen) atoms. The number of nitrogens with two attached hydrogens (primary N) is 1. The van der Waals surface area contributed by atoms with E-state index in [9.17, 15) is 9.90 Å². The molecule has 0 saturated carbocycles. The van der Waals surface area contributed by atoms with Gasteiger partial charge >= 0.3 is 0 Å². The molecule has 1 amide bonds. The van der Waals surface area contributed by atoms with Gasteiger partial charge in [0.25, 0.3) is 0 Å². The van der Waals surface area contributed by atoms with E-state index in [0.717, 1.165) is 6.42 Å². The summed E-state index contributed by atoms with van der Waals surface area (Å²) in [5, 5.41) is 21.2. The Balaban J connectivity index is 2.67. The Morgan fingerprint density at radius 1 is 1.62 bits per heavy atom. The molecule has 0 aliphatic carbocycles. The quantitative estimate of drug-likeness (QED) is 0.263. The minimum atomic E-state index is -0.835. The van der Waals surface area contributed by atoms with Crippen molar-refractivity contribution in [1.82, 2.24) is 4.90 Å². The number of hydrogen-bond donors (Lipinski definition) is 3. The monoisotopic (exact) mass is 229 g/mol. The van der Waals surface area contributed by atoms with Gasteiger partial charge in [-0.05, 0) is 26.7 Å². The Morgan fingerprint density at radius 2 is 2.25 bits per heavy atom. The van der Waals surface area contributed by atoms with Crippen LogP contribution in [0.5, 0.6) is 0 Å². The maximum atomic E-state index is 11.9. The predicted octanol–water partition coefficient (Wildman–Crippen LogP) is -0.258. The molecule has 0 aromatic carbocycles. The lowest BCUT2D eigenvalue weighted by Crippen LogP contribution is -2.51. The number of carbonyl (C=O) groups excluding carboxylic acids is 1. The van der Waals surface area contributed by atoms with Crippen LogP contribution in [0, 0.1) is 5.92 Å². The largest absolute Gasteiger partial charge is 0.409 e. The van der Waals surface area contributed by atoms with Crippen LogP contribution in [-0.4, -0.2) is 45.6 Å². The first-order valence-electron chi connectivity index (χ1n) is 5.36. The van der Waals surface area contributed by atoms with Crippen molar-refractivity contribution in [3.8, 4) is 0 Å². The highest BCUT2D eigenvalue weighted by molar-refractivity contribution is 6.01. The minimum absolute atomic E-state index is 0.102. The van der Waals surface area contributed by atoms with Crippen molar-refractivity contribution < 1.29 is 15.1 Å². The molecule has 6 nitrogen and oxygen atoms in total. The molecule has 6 heteroatoms. The van der Waals surface area contributed by atoms with Crippen LogP contribution >= 0.6 is 0 Å². The number of rotatable bonds is 2. The van der Waals surface area contributed by atoms with Gasteiger partial charge in [0.05, 0.1) is 11.5 Å². The zero-order chi connectivity index (χ0) is 12.3. The molecular formula is C10H19N3O3. The van der Waals surface area contributed by atoms with Crippen LogP contribution in [0.1, 0.15) is 26.7 Å². The van der Waals surface area contributed by atoms with Crippen LogP contribution in [0.15, 0.2) is 5.16 Å². The van der Waals surface area contributed by atoms with Gasteiger partial charge in [0, 0.05) is 13.1 Å². The molecule has 1 saturated heterocycles. The van der Waals surface area contributed by atoms with Gasteiger partial charge in [-0.25, -0.2) is 0 Å². The third-order valence-electron chi connectivity index (χ3n) is 2.92. The van der Waals surface area contributed by atoms with Gasteiger partial charge in [-0.3, -0.25) is 4.79 Å². The van der Waals surface area contributed by atoms with Crippen molar-refractivity contribution in [2.75, 3.05) is 13.1 Å². The molecule has 1 aliphatic heterocycles. The van der Waals surface area contributed by atoms with Gasteiger partial charge in [0.2, 0.25) is 5.91 Å². The average Bonchev–Trinajstić information content (AvgIpc) is 2.24. The normalized spacial score (nSPS) is 28.9. The molecule has 2 unspecified atom stereocenters. The number of amides is 1. The van der Waals surface area contributed by atoms with Crippen molar-refractivity contribution in [1.29, 1.82) is 0 Å². The molecule has 0 bridgehead atoms. The van der Waals surface area contributed by atoms with Crippen LogP contribution in [0.3, 0.4) is 0 Å². The first kappa shape index (κ1) is 12.8. The molecule has 4 N–H and O–H groups in total. The Hall–Kier alpha value is -1.30. The zero-order valence-electron chi connectivity index (χ0n) is 9.68. The Kier molecular flexibility index (Phi) is 3.74. The summed E-state index contributed by atoms with van der Waals surface area (Å²) in [5.74, 6) is -0.968. The Labute approximate surface area is 94.7 Å². The first-order chi connectivity index (χ1) is 7.37. The van der Waals surface area contributed by atoms with Crippen molar-refractivity contribution in [3.63, 3.8) is 0 Å². The number of likely N-dealkylation sites (tertiary alicyclic amines) is 1. The maximum absolute atomic E-state index is 11.9. The number of piperidine rings is 1. The molecule has 1 aliphatic rings. The second kappa shape index (κ2) is 4.69. The standard InChI is InChI=1S/C10H19N3O3/c1-7(8(11)12-16)9(14)13-5-3-4-10(2,15)6-13/h7,15-16H,3-6H2,1-2H3,(H2,11,12). The summed E-state index contributed by atoms with van der Waals surface area (Å²) in [6.07, 6.45) is 1.45. The van der Waals surface area contributed by atoms with Gasteiger partial charge in [0.15, 0.2) is 5.84 Å². The summed E-state index contributed by atoms with van der Waals surface area (Å²) >= 11 is 0. The lowest BCUT2D eigenvalue weighted by Gasteiger charge is -2.37. The minimum Gasteiger partial charge on any atom is -0.409 e. The van der Waals surface area contributed by atoms with Gasteiger partial charge in [-0.15, -0.1) is 0 Å². The van der Waals surface area contributed by atoms with E-state index in [2.05, 4.69) is 5.16 Å². The highest BCUT2D eigenvalue weighted by Gasteiger charge is 2.33. The second-order valence-electron chi connectivity index (χ2n) is 4.61. The summed E-state index contributed by atoms with van der Waals surface area (Å²) in [7, 11) is 0. The number of β-amino-alcohol motifs (C(OH)–C–C–N with tert-alkyl or cyclic N) is 1. The van der Waals surface area contributed by atoms with Crippen LogP contribution in [0.25, 0.3) is 0 Å². The zero-order valence-corrected chi connectivity index (χ0v) is 9.68. The lowest BCUT2D eigenvalue weighted by atomic mass is 9.94. The third kappa shape index (κ3) is 2.85. The molecule has 0 aromatic rings. The van der Waals surface area contributed by atoms with Crippen LogP contribution < -0.4 is 5.73 Å². The van der Waals surface area contributed by atoms with E-state index in [-0.39, 0.29) is 11.7 Å². The van der Waals surface area contributed by atoms with Crippen LogP contribution in [-0.2, 0) is 4.79 Å². The third-order valence-corrected chi connectivity index (χ3v) is 2.92. The fraction of sp³-hybridized carbons (Fsp3) is 0.800. The topological polar surface area (TPSA) is 99.2 Å². The molecule has 2 atom stereocenters. The fourth-order valence-corrected chi connectivity index (χ4v) is 1.90. The Morgan fingerprint density at radius 3 is 2.75 bits per heavy atom. The van der Waals surface area contributed by atoms with E-state index in [4.69, 9.17) is 10.9 Å². The molecule has 92 valence electrons. The number of hydrogen-bond acceptors (Lipinski definition) is 4. The fourth-order valence-electron chi connectivity index (χ4n) is 1.90. The summed E-state index contributed by atoms with van der Waals surface area (Å²) in [4.78, 5) is 13.5. The van der Waals surface area contributed by atoms with E-state index in [1.54, 1.807) is 18.7 Å². The van der Waals surface area contributed by atoms with E-state index in [1.807, 2.05) is 0 Å². The number of nitrogens with zero attached hydrogens (tertiary/aromatic N) is 2. The number of oxime groups is 1. The van der Waals surface area contributed by atoms with E-state index in [0.29, 0.717) is 19.5 Å². The van der Waals surface area contributed by atoms with E-state index in [1.165, 1.54) is 0 Å². The predicted molar refractivity (Wildman–Crippen MR) is 59.0 cm³/mol. The molecule has 0 spiro atoms. The molecule has 1 rings (SSSR count). The summed E-state index contributed by atoms with van der Waals surface area (Å²) < 4.78 is 0. The smallest absolute Gasteiger partial charge is 0.233 e. The SMILES string of the molecule is CC(C(=O)N1CCCC(C)(O)C1)C(N)=NO. The number of amidine groups is 1. The number of aliphatic hydroxyl groups is 1. The molecular weight excluding hydrogens is 210 g/mol. The lowest BCUT2D eigenvalue weighted by molar-refractivity contribution is -0.139. The summed E-state index contributed by atoms with van der Waals surface area (Å²) in [6.45, 7) is 4.20. The van der Waals surface area contributed by atoms with Crippen molar-refractivity contribution in [2.24, 2.45) is 16.8 Å². The second-order valence-corrected chi connectivity index (χ2v) is 4.61. The van der Waals surface area contributed by atoms with Gasteiger partial charge in [0.1, 0.15) is 0 Å². The van der Waals surface area contributed by atoms with Crippen LogP contribution in [0.2, 0.25) is 0 Å². The number of carbonyl (C=O) groups is 1. The average molecular weight is 229 g/mol. The summed E-state index contributed by atoms with van der Waals surface area (Å²) in [6, 6.07) is 0. The van der Waals surface area contributed by atoms with Crippen LogP contribution in [0.4, 0.5) is 0 Å². The highest BCUT2D eigenvalue weighted by Crippen LogP contribution is 2.21. The van der Waals surface area contributed by atoms with Crippen molar-refractivity contribution in [2.45, 2.75) is 32.3 Å². The summed E-state index contributed by atoms with van der Waals surface area (Å²) in [5.41, 5.74) is 4.55. The molecule has 1 fully saturated rings. The van der Waals surface area contributed by atoms with E-state index < -0.39 is 11.5 Å². The van der Waals surface area contributed by atoms with Gasteiger partial charge < -0.3 is 20.9 Å². The van der Waals surface area contributed by atoms with Gasteiger partial charge in [-0.2, -0.15) is 0 Å². The van der Waals surface area contributed by atoms with E-state index >= 15 is 0 Å². The van der Waals surface area contributed by atoms with Crippen molar-refractivity contribution >= 4 is 11.7 Å². The molecule has 0 aromatic heterocycles. The van der Waals surface area contributed by atoms with Crippen molar-refractivity contribution in [3.05, 3.63) is 0 Å². The first-order valence-corrected chi connectivity index (χ1v) is 5.36. The van der Waals surface area contributed by atoms with Gasteiger partial charge in [-0.1, -0.05) is 5.16 Å². The molecule has 0 radical (unpaired) electrons. The highest BCUT2D eigenvalue weighted by atomic mass is 16.4.